The summed E-state index contributed by atoms with van der Waals surface area (Å²) in [5.41, 5.74) is 5.42. The second kappa shape index (κ2) is 10.7. The van der Waals surface area contributed by atoms with Crippen molar-refractivity contribution in [3.05, 3.63) is 71.3 Å². The first kappa shape index (κ1) is 22.5. The molecule has 2 fully saturated rings. The molecule has 0 atom stereocenters. The van der Waals surface area contributed by atoms with E-state index in [2.05, 4.69) is 44.8 Å². The van der Waals surface area contributed by atoms with Crippen molar-refractivity contribution in [2.75, 3.05) is 26.3 Å². The number of benzene rings is 1. The van der Waals surface area contributed by atoms with Crippen LogP contribution in [0.3, 0.4) is 0 Å². The molecule has 2 saturated heterocycles. The fourth-order valence-corrected chi connectivity index (χ4v) is 4.61. The number of hydrogen-bond donors (Lipinski definition) is 1. The minimum absolute atomic E-state index is 0.0986. The average molecular weight is 456 g/mol. The summed E-state index contributed by atoms with van der Waals surface area (Å²) < 4.78 is 11.5. The fraction of sp³-hybridized carbons (Fsp3) is 0.407. The predicted octanol–water partition coefficient (Wildman–Crippen LogP) is 4.03. The van der Waals surface area contributed by atoms with Crippen molar-refractivity contribution < 1.29 is 9.47 Å². The van der Waals surface area contributed by atoms with Crippen LogP contribution in [0.15, 0.2) is 48.7 Å². The van der Waals surface area contributed by atoms with Crippen molar-refractivity contribution in [1.82, 2.24) is 20.5 Å². The molecule has 3 aromatic rings. The van der Waals surface area contributed by atoms with Gasteiger partial charge in [0.15, 0.2) is 0 Å². The first-order valence-corrected chi connectivity index (χ1v) is 12.1. The van der Waals surface area contributed by atoms with E-state index in [1.54, 1.807) is 6.20 Å². The van der Waals surface area contributed by atoms with Crippen molar-refractivity contribution in [3.8, 4) is 22.9 Å². The lowest BCUT2D eigenvalue weighted by atomic mass is 9.94. The second-order valence-corrected chi connectivity index (χ2v) is 8.94. The molecule has 0 spiro atoms. The van der Waals surface area contributed by atoms with Crippen molar-refractivity contribution in [1.29, 1.82) is 5.26 Å². The molecule has 0 unspecified atom stereocenters. The first-order chi connectivity index (χ1) is 16.8. The molecule has 0 aliphatic carbocycles. The summed E-state index contributed by atoms with van der Waals surface area (Å²) in [7, 11) is 0. The third-order valence-electron chi connectivity index (χ3n) is 6.57. The summed E-state index contributed by atoms with van der Waals surface area (Å²) in [5.74, 6) is 1.13. The van der Waals surface area contributed by atoms with Crippen molar-refractivity contribution in [2.45, 2.75) is 44.1 Å². The molecule has 34 heavy (non-hydrogen) atoms. The number of hydrogen-bond acceptors (Lipinski definition) is 7. The third-order valence-corrected chi connectivity index (χ3v) is 6.57. The number of nitriles is 1. The van der Waals surface area contributed by atoms with Gasteiger partial charge in [0.25, 0.3) is 0 Å². The van der Waals surface area contributed by atoms with E-state index in [4.69, 9.17) is 9.47 Å². The molecule has 0 bridgehead atoms. The Hall–Kier alpha value is -3.34. The molecule has 2 aliphatic heterocycles. The van der Waals surface area contributed by atoms with E-state index in [-0.39, 0.29) is 6.10 Å². The van der Waals surface area contributed by atoms with E-state index in [1.807, 2.05) is 24.3 Å². The lowest BCUT2D eigenvalue weighted by Crippen LogP contribution is -2.27. The van der Waals surface area contributed by atoms with E-state index in [9.17, 15) is 5.26 Å². The second-order valence-electron chi connectivity index (χ2n) is 8.94. The Bertz CT molecular complexity index is 1150. The number of pyridine rings is 1. The third kappa shape index (κ3) is 5.41. The zero-order valence-corrected chi connectivity index (χ0v) is 19.2. The zero-order chi connectivity index (χ0) is 23.2. The quantitative estimate of drug-likeness (QED) is 0.600. The van der Waals surface area contributed by atoms with Gasteiger partial charge in [0.05, 0.1) is 30.2 Å². The molecule has 0 radical (unpaired) electrons. The van der Waals surface area contributed by atoms with Gasteiger partial charge in [0.2, 0.25) is 0 Å². The maximum Gasteiger partial charge on any atom is 0.137 e. The summed E-state index contributed by atoms with van der Waals surface area (Å²) in [6.07, 6.45) is 6.44. The van der Waals surface area contributed by atoms with Gasteiger partial charge < -0.3 is 14.8 Å². The lowest BCUT2D eigenvalue weighted by molar-refractivity contribution is 0.0254. The van der Waals surface area contributed by atoms with E-state index < -0.39 is 0 Å². The SMILES string of the molecule is N#Cc1cc(-c2ccnc(Cc3ccc(C4CCNCC4)nn3)c2)ccc1OC1CCOCC1. The van der Waals surface area contributed by atoms with Crippen molar-refractivity contribution in [2.24, 2.45) is 0 Å². The van der Waals surface area contributed by atoms with E-state index in [0.29, 0.717) is 36.9 Å². The summed E-state index contributed by atoms with van der Waals surface area (Å²) in [6, 6.07) is 16.3. The number of rotatable bonds is 6. The van der Waals surface area contributed by atoms with Crippen LogP contribution in [0, 0.1) is 11.3 Å². The number of piperidine rings is 1. The van der Waals surface area contributed by atoms with Crippen LogP contribution in [0.5, 0.6) is 5.75 Å². The Morgan fingerprint density at radius 3 is 2.53 bits per heavy atom. The zero-order valence-electron chi connectivity index (χ0n) is 19.2. The highest BCUT2D eigenvalue weighted by molar-refractivity contribution is 5.67. The Balaban J connectivity index is 1.29. The molecule has 7 heteroatoms. The van der Waals surface area contributed by atoms with Crippen LogP contribution in [-0.2, 0) is 11.2 Å². The molecular formula is C27H29N5O2. The van der Waals surface area contributed by atoms with Crippen LogP contribution < -0.4 is 10.1 Å². The highest BCUT2D eigenvalue weighted by Gasteiger charge is 2.18. The topological polar surface area (TPSA) is 93.0 Å². The standard InChI is InChI=1S/C27H29N5O2/c28-18-22-15-20(1-4-27(22)34-25-8-13-33-14-9-25)21-7-12-30-24(16-21)17-23-2-3-26(32-31-23)19-5-10-29-11-6-19/h1-4,7,12,15-16,19,25,29H,5-6,8-11,13-14,17H2. The summed E-state index contributed by atoms with van der Waals surface area (Å²) in [4.78, 5) is 4.53. The van der Waals surface area contributed by atoms with E-state index in [0.717, 1.165) is 67.0 Å². The summed E-state index contributed by atoms with van der Waals surface area (Å²) in [6.45, 7) is 3.49. The lowest BCUT2D eigenvalue weighted by Gasteiger charge is -2.23. The van der Waals surface area contributed by atoms with Gasteiger partial charge in [-0.2, -0.15) is 15.5 Å². The van der Waals surface area contributed by atoms with Crippen molar-refractivity contribution >= 4 is 0 Å². The molecule has 0 saturated carbocycles. The van der Waals surface area contributed by atoms with Gasteiger partial charge >= 0.3 is 0 Å². The molecule has 1 N–H and O–H groups in total. The maximum absolute atomic E-state index is 9.70. The van der Waals surface area contributed by atoms with Crippen LogP contribution in [-0.4, -0.2) is 47.6 Å². The Kier molecular flexibility index (Phi) is 7.08. The minimum Gasteiger partial charge on any atom is -0.489 e. The monoisotopic (exact) mass is 455 g/mol. The molecular weight excluding hydrogens is 426 g/mol. The molecule has 2 aromatic heterocycles. The first-order valence-electron chi connectivity index (χ1n) is 12.1. The summed E-state index contributed by atoms with van der Waals surface area (Å²) >= 11 is 0. The summed E-state index contributed by atoms with van der Waals surface area (Å²) in [5, 5.41) is 22.1. The predicted molar refractivity (Wildman–Crippen MR) is 129 cm³/mol. The van der Waals surface area contributed by atoms with Gasteiger partial charge in [-0.1, -0.05) is 6.07 Å². The van der Waals surface area contributed by atoms with Gasteiger partial charge in [-0.05, 0) is 73.5 Å². The molecule has 7 nitrogen and oxygen atoms in total. The minimum atomic E-state index is 0.0986. The molecule has 1 aromatic carbocycles. The Morgan fingerprint density at radius 2 is 1.76 bits per heavy atom. The van der Waals surface area contributed by atoms with Gasteiger partial charge in [0, 0.05) is 37.1 Å². The largest absolute Gasteiger partial charge is 0.489 e. The number of nitrogens with one attached hydrogen (secondary N) is 1. The van der Waals surface area contributed by atoms with Crippen LogP contribution >= 0.6 is 0 Å². The number of nitrogens with zero attached hydrogens (tertiary/aromatic N) is 4. The molecule has 174 valence electrons. The van der Waals surface area contributed by atoms with Crippen LogP contribution in [0.4, 0.5) is 0 Å². The Morgan fingerprint density at radius 1 is 0.941 bits per heavy atom. The number of ether oxygens (including phenoxy) is 2. The van der Waals surface area contributed by atoms with Gasteiger partial charge in [0.1, 0.15) is 17.9 Å². The normalized spacial score (nSPS) is 17.3. The molecule has 5 rings (SSSR count). The average Bonchev–Trinajstić information content (AvgIpc) is 2.91. The molecule has 0 amide bonds. The van der Waals surface area contributed by atoms with Gasteiger partial charge in [-0.3, -0.25) is 4.98 Å². The maximum atomic E-state index is 9.70. The fourth-order valence-electron chi connectivity index (χ4n) is 4.61. The molecule has 4 heterocycles. The van der Waals surface area contributed by atoms with Gasteiger partial charge in [-0.15, -0.1) is 0 Å². The highest BCUT2D eigenvalue weighted by atomic mass is 16.5. The van der Waals surface area contributed by atoms with Crippen LogP contribution in [0.1, 0.15) is 54.2 Å². The van der Waals surface area contributed by atoms with Crippen LogP contribution in [0.25, 0.3) is 11.1 Å². The van der Waals surface area contributed by atoms with E-state index >= 15 is 0 Å². The highest BCUT2D eigenvalue weighted by Crippen LogP contribution is 2.29. The number of aromatic nitrogens is 3. The van der Waals surface area contributed by atoms with Crippen LogP contribution in [0.2, 0.25) is 0 Å². The Labute approximate surface area is 200 Å². The van der Waals surface area contributed by atoms with E-state index in [1.165, 1.54) is 0 Å². The smallest absolute Gasteiger partial charge is 0.137 e. The van der Waals surface area contributed by atoms with Gasteiger partial charge in [-0.25, -0.2) is 0 Å². The molecule has 2 aliphatic rings. The van der Waals surface area contributed by atoms with Crippen molar-refractivity contribution in [3.63, 3.8) is 0 Å².